The Morgan fingerprint density at radius 1 is 1.15 bits per heavy atom. The molecule has 0 bridgehead atoms. The summed E-state index contributed by atoms with van der Waals surface area (Å²) in [5.41, 5.74) is 1.32. The fourth-order valence-electron chi connectivity index (χ4n) is 1.78. The summed E-state index contributed by atoms with van der Waals surface area (Å²) < 4.78 is 23.6. The van der Waals surface area contributed by atoms with E-state index in [-0.39, 0.29) is 18.2 Å². The second kappa shape index (κ2) is 6.19. The Hall–Kier alpha value is -2.36. The largest absolute Gasteiger partial charge is 0.497 e. The van der Waals surface area contributed by atoms with E-state index in [1.54, 1.807) is 37.4 Å². The van der Waals surface area contributed by atoms with E-state index in [9.17, 15) is 9.18 Å². The molecule has 2 aromatic rings. The monoisotopic (exact) mass is 274 g/mol. The van der Waals surface area contributed by atoms with Gasteiger partial charge in [0.1, 0.15) is 23.9 Å². The Kier molecular flexibility index (Phi) is 4.35. The molecule has 104 valence electrons. The van der Waals surface area contributed by atoms with Gasteiger partial charge in [0.05, 0.1) is 12.7 Å². The van der Waals surface area contributed by atoms with Crippen LogP contribution < -0.4 is 9.47 Å². The van der Waals surface area contributed by atoms with Crippen molar-refractivity contribution in [2.45, 2.75) is 13.5 Å². The third-order valence-electron chi connectivity index (χ3n) is 2.88. The number of hydrogen-bond acceptors (Lipinski definition) is 3. The van der Waals surface area contributed by atoms with Gasteiger partial charge in [0.2, 0.25) is 0 Å². The normalized spacial score (nSPS) is 10.2. The van der Waals surface area contributed by atoms with Crippen LogP contribution in [-0.2, 0) is 6.61 Å². The smallest absolute Gasteiger partial charge is 0.163 e. The third-order valence-corrected chi connectivity index (χ3v) is 2.88. The fourth-order valence-corrected chi connectivity index (χ4v) is 1.78. The number of hydrogen-bond donors (Lipinski definition) is 0. The molecule has 0 spiro atoms. The maximum Gasteiger partial charge on any atom is 0.163 e. The standard InChI is InChI=1S/C16H15FO3/c1-11(18)15-8-7-14(19-2)9-16(15)20-10-12-3-5-13(17)6-4-12/h3-9H,10H2,1-2H3. The number of carbonyl (C=O) groups is 1. The van der Waals surface area contributed by atoms with Gasteiger partial charge in [-0.15, -0.1) is 0 Å². The van der Waals surface area contributed by atoms with Crippen molar-refractivity contribution in [1.29, 1.82) is 0 Å². The lowest BCUT2D eigenvalue weighted by Crippen LogP contribution is -2.02. The van der Waals surface area contributed by atoms with Gasteiger partial charge in [0, 0.05) is 6.07 Å². The Morgan fingerprint density at radius 3 is 2.45 bits per heavy atom. The highest BCUT2D eigenvalue weighted by Crippen LogP contribution is 2.26. The quantitative estimate of drug-likeness (QED) is 0.781. The summed E-state index contributed by atoms with van der Waals surface area (Å²) in [7, 11) is 1.55. The van der Waals surface area contributed by atoms with Gasteiger partial charge in [-0.3, -0.25) is 4.79 Å². The van der Waals surface area contributed by atoms with Crippen molar-refractivity contribution in [1.82, 2.24) is 0 Å². The minimum atomic E-state index is -0.292. The summed E-state index contributed by atoms with van der Waals surface area (Å²) >= 11 is 0. The molecule has 0 radical (unpaired) electrons. The van der Waals surface area contributed by atoms with Crippen LogP contribution in [0.4, 0.5) is 4.39 Å². The summed E-state index contributed by atoms with van der Waals surface area (Å²) in [6.45, 7) is 1.74. The molecular weight excluding hydrogens is 259 g/mol. The van der Waals surface area contributed by atoms with Crippen LogP contribution >= 0.6 is 0 Å². The predicted octanol–water partition coefficient (Wildman–Crippen LogP) is 3.62. The first kappa shape index (κ1) is 14.1. The average molecular weight is 274 g/mol. The molecule has 0 atom stereocenters. The lowest BCUT2D eigenvalue weighted by atomic mass is 10.1. The SMILES string of the molecule is COc1ccc(C(C)=O)c(OCc2ccc(F)cc2)c1. The molecule has 0 aliphatic rings. The molecule has 2 aromatic carbocycles. The average Bonchev–Trinajstić information content (AvgIpc) is 2.46. The first-order valence-corrected chi connectivity index (χ1v) is 6.16. The lowest BCUT2D eigenvalue weighted by molar-refractivity contribution is 0.101. The predicted molar refractivity (Wildman–Crippen MR) is 73.7 cm³/mol. The number of ketones is 1. The second-order valence-electron chi connectivity index (χ2n) is 4.33. The molecule has 2 rings (SSSR count). The van der Waals surface area contributed by atoms with E-state index in [0.29, 0.717) is 17.1 Å². The van der Waals surface area contributed by atoms with Gasteiger partial charge in [0.25, 0.3) is 0 Å². The molecule has 0 aliphatic heterocycles. The van der Waals surface area contributed by atoms with Crippen molar-refractivity contribution in [2.75, 3.05) is 7.11 Å². The Morgan fingerprint density at radius 2 is 1.85 bits per heavy atom. The van der Waals surface area contributed by atoms with E-state index in [2.05, 4.69) is 0 Å². The highest BCUT2D eigenvalue weighted by Gasteiger charge is 2.10. The van der Waals surface area contributed by atoms with Crippen molar-refractivity contribution in [3.63, 3.8) is 0 Å². The van der Waals surface area contributed by atoms with E-state index >= 15 is 0 Å². The molecule has 0 aliphatic carbocycles. The van der Waals surface area contributed by atoms with Gasteiger partial charge in [-0.25, -0.2) is 4.39 Å². The number of methoxy groups -OCH3 is 1. The number of carbonyl (C=O) groups excluding carboxylic acids is 1. The number of rotatable bonds is 5. The summed E-state index contributed by atoms with van der Waals surface area (Å²) in [5.74, 6) is 0.701. The van der Waals surface area contributed by atoms with Crippen LogP contribution in [0, 0.1) is 5.82 Å². The molecule has 0 N–H and O–H groups in total. The van der Waals surface area contributed by atoms with E-state index in [4.69, 9.17) is 9.47 Å². The number of benzene rings is 2. The van der Waals surface area contributed by atoms with Crippen molar-refractivity contribution < 1.29 is 18.7 Å². The van der Waals surface area contributed by atoms with Gasteiger partial charge in [-0.05, 0) is 36.8 Å². The molecule has 0 amide bonds. The highest BCUT2D eigenvalue weighted by atomic mass is 19.1. The van der Waals surface area contributed by atoms with Gasteiger partial charge < -0.3 is 9.47 Å². The number of halogens is 1. The lowest BCUT2D eigenvalue weighted by Gasteiger charge is -2.11. The molecule has 0 saturated carbocycles. The topological polar surface area (TPSA) is 35.5 Å². The maximum absolute atomic E-state index is 12.8. The highest BCUT2D eigenvalue weighted by molar-refractivity contribution is 5.97. The van der Waals surface area contributed by atoms with Gasteiger partial charge >= 0.3 is 0 Å². The first-order chi connectivity index (χ1) is 9.60. The van der Waals surface area contributed by atoms with E-state index in [1.807, 2.05) is 0 Å². The molecule has 0 heterocycles. The van der Waals surface area contributed by atoms with Crippen molar-refractivity contribution in [3.05, 3.63) is 59.4 Å². The summed E-state index contributed by atoms with van der Waals surface area (Å²) in [6.07, 6.45) is 0. The van der Waals surface area contributed by atoms with Crippen LogP contribution in [0.15, 0.2) is 42.5 Å². The Labute approximate surface area is 117 Å². The molecular formula is C16H15FO3. The van der Waals surface area contributed by atoms with Crippen molar-refractivity contribution in [3.8, 4) is 11.5 Å². The van der Waals surface area contributed by atoms with Crippen LogP contribution in [0.3, 0.4) is 0 Å². The fraction of sp³-hybridized carbons (Fsp3) is 0.188. The summed E-state index contributed by atoms with van der Waals surface area (Å²) in [5, 5.41) is 0. The minimum Gasteiger partial charge on any atom is -0.497 e. The van der Waals surface area contributed by atoms with Crippen LogP contribution in [0.2, 0.25) is 0 Å². The zero-order valence-electron chi connectivity index (χ0n) is 11.4. The maximum atomic E-state index is 12.8. The molecule has 0 fully saturated rings. The van der Waals surface area contributed by atoms with Crippen molar-refractivity contribution >= 4 is 5.78 Å². The van der Waals surface area contributed by atoms with Gasteiger partial charge in [0.15, 0.2) is 5.78 Å². The zero-order chi connectivity index (χ0) is 14.5. The van der Waals surface area contributed by atoms with Crippen molar-refractivity contribution in [2.24, 2.45) is 0 Å². The van der Waals surface area contributed by atoms with E-state index in [1.165, 1.54) is 19.1 Å². The molecule has 4 heteroatoms. The second-order valence-corrected chi connectivity index (χ2v) is 4.33. The molecule has 3 nitrogen and oxygen atoms in total. The molecule has 0 saturated heterocycles. The van der Waals surface area contributed by atoms with Crippen LogP contribution in [0.1, 0.15) is 22.8 Å². The Balaban J connectivity index is 2.18. The number of ether oxygens (including phenoxy) is 2. The van der Waals surface area contributed by atoms with Crippen LogP contribution in [0.5, 0.6) is 11.5 Å². The zero-order valence-corrected chi connectivity index (χ0v) is 11.4. The van der Waals surface area contributed by atoms with E-state index < -0.39 is 0 Å². The first-order valence-electron chi connectivity index (χ1n) is 6.16. The van der Waals surface area contributed by atoms with Gasteiger partial charge in [-0.1, -0.05) is 12.1 Å². The summed E-state index contributed by atoms with van der Waals surface area (Å²) in [4.78, 5) is 11.6. The van der Waals surface area contributed by atoms with Gasteiger partial charge in [-0.2, -0.15) is 0 Å². The van der Waals surface area contributed by atoms with Crippen LogP contribution in [-0.4, -0.2) is 12.9 Å². The number of Topliss-reactive ketones (excluding diaryl/α,β-unsaturated/α-hetero) is 1. The molecule has 0 unspecified atom stereocenters. The van der Waals surface area contributed by atoms with E-state index in [0.717, 1.165) is 5.56 Å². The summed E-state index contributed by atoms with van der Waals surface area (Å²) in [6, 6.07) is 11.1. The molecule has 20 heavy (non-hydrogen) atoms. The molecule has 0 aromatic heterocycles. The van der Waals surface area contributed by atoms with Crippen LogP contribution in [0.25, 0.3) is 0 Å². The Bertz CT molecular complexity index is 606. The third kappa shape index (κ3) is 3.35. The minimum absolute atomic E-state index is 0.0817.